The monoisotopic (exact) mass is 1710 g/mol. The molecular formula is C50H84N14O36P6S2. The van der Waals surface area contributed by atoms with Gasteiger partial charge in [-0.3, -0.25) is 65.0 Å². The van der Waals surface area contributed by atoms with Crippen LogP contribution in [0.25, 0.3) is 22.3 Å². The lowest BCUT2D eigenvalue weighted by molar-refractivity contribution is -0.137. The molecule has 0 saturated carbocycles. The Morgan fingerprint density at radius 2 is 0.861 bits per heavy atom. The lowest BCUT2D eigenvalue weighted by atomic mass is 9.87. The number of anilines is 2. The molecule has 108 heavy (non-hydrogen) atoms. The molecule has 0 aromatic carbocycles. The molecule has 4 aromatic heterocycles. The number of thioether (sulfide) groups is 2. The van der Waals surface area contributed by atoms with Gasteiger partial charge in [0.15, 0.2) is 45.6 Å². The summed E-state index contributed by atoms with van der Waals surface area (Å²) in [5.41, 5.74) is 8.46. The number of hydrogen-bond acceptors (Lipinski definition) is 38. The molecule has 22 N–H and O–H groups in total. The van der Waals surface area contributed by atoms with Crippen LogP contribution in [0.15, 0.2) is 25.3 Å². The molecule has 6 heterocycles. The number of phosphoric acid groups is 6. The molecule has 0 spiro atoms. The van der Waals surface area contributed by atoms with Crippen LogP contribution in [-0.4, -0.2) is 268 Å². The third-order valence-electron chi connectivity index (χ3n) is 14.5. The van der Waals surface area contributed by atoms with E-state index < -0.39 is 181 Å². The first-order valence-electron chi connectivity index (χ1n) is 31.3. The molecule has 0 aliphatic carbocycles. The van der Waals surface area contributed by atoms with Crippen LogP contribution in [0, 0.1) is 10.8 Å². The number of nitrogen functional groups attached to an aromatic ring is 2. The number of rotatable bonds is 42. The minimum atomic E-state index is -5.57. The highest BCUT2D eigenvalue weighted by atomic mass is 32.2. The lowest BCUT2D eigenvalue weighted by Gasteiger charge is -2.30. The van der Waals surface area contributed by atoms with Crippen molar-refractivity contribution in [1.82, 2.24) is 60.3 Å². The number of amides is 4. The molecule has 2 aliphatic rings. The minimum absolute atomic E-state index is 0.0259. The first-order valence-corrected chi connectivity index (χ1v) is 42.3. The van der Waals surface area contributed by atoms with Crippen LogP contribution in [0.2, 0.25) is 0 Å². The van der Waals surface area contributed by atoms with E-state index in [1.54, 1.807) is 0 Å². The Hall–Kier alpha value is -4.96. The zero-order valence-electron chi connectivity index (χ0n) is 57.6. The van der Waals surface area contributed by atoms with Crippen LogP contribution in [-0.2, 0) is 101 Å². The quantitative estimate of drug-likeness (QED) is 0.0154. The molecule has 50 nitrogen and oxygen atoms in total. The SMILES string of the molecule is CC(O)CC(=O)SCCNC(=O)CCNC(=O)[C@H](O)C(C)(C)COP(=O)(O)OP(=O)(O)OC[C@H]1O[C@@H](n2cnc3c(N)ncnc32)[C@H](O)[C@@H]1OP(=O)(O)O.CC(O)CC(=O)SCCNC(=O)CCNC(=O)[C@H](O)C(C)(C)COP(=O)(O)OP(=O)(O)OC[C@H]1O[C@@H](n2cnc3c(N)ncnc32)[C@H](O)[C@@H]1OP(=O)(O)O. The Balaban J connectivity index is 0.000000387. The zero-order chi connectivity index (χ0) is 81.3. The van der Waals surface area contributed by atoms with Gasteiger partial charge in [0.05, 0.1) is 51.3 Å². The summed E-state index contributed by atoms with van der Waals surface area (Å²) in [7, 11) is -32.8. The molecule has 4 amide bonds. The summed E-state index contributed by atoms with van der Waals surface area (Å²) < 4.78 is 124. The van der Waals surface area contributed by atoms with E-state index in [4.69, 9.17) is 39.0 Å². The predicted octanol–water partition coefficient (Wildman–Crippen LogP) is -3.13. The average molecular weight is 1710 g/mol. The fourth-order valence-electron chi connectivity index (χ4n) is 9.19. The third kappa shape index (κ3) is 30.2. The number of hydrogen-bond donors (Lipinski definition) is 20. The second-order valence-corrected chi connectivity index (χ2v) is 35.5. The smallest absolute Gasteiger partial charge is 0.393 e. The molecule has 0 radical (unpaired) electrons. The molecule has 2 fully saturated rings. The number of imidazole rings is 2. The van der Waals surface area contributed by atoms with Crippen LogP contribution >= 0.6 is 70.5 Å². The Morgan fingerprint density at radius 1 is 0.528 bits per heavy atom. The maximum Gasteiger partial charge on any atom is 0.481 e. The number of fused-ring (bicyclic) bond motifs is 2. The lowest BCUT2D eigenvalue weighted by Crippen LogP contribution is -2.46. The summed E-state index contributed by atoms with van der Waals surface area (Å²) in [6.07, 6.45) is -15.6. The molecule has 6 rings (SSSR count). The van der Waals surface area contributed by atoms with E-state index in [0.29, 0.717) is 0 Å². The van der Waals surface area contributed by atoms with Crippen molar-refractivity contribution < 1.29 is 171 Å². The van der Waals surface area contributed by atoms with Crippen molar-refractivity contribution in [3.05, 3.63) is 25.3 Å². The number of nitrogens with zero attached hydrogens (tertiary/aromatic N) is 8. The van der Waals surface area contributed by atoms with Crippen molar-refractivity contribution in [3.8, 4) is 0 Å². The Kier molecular flexibility index (Phi) is 34.8. The number of aliphatic hydroxyl groups excluding tert-OH is 6. The first-order chi connectivity index (χ1) is 49.8. The molecule has 16 atom stereocenters. The average Bonchev–Trinajstić information content (AvgIpc) is 1.62. The van der Waals surface area contributed by atoms with Crippen molar-refractivity contribution in [2.75, 3.05) is 75.6 Å². The number of ether oxygens (including phenoxy) is 2. The van der Waals surface area contributed by atoms with Crippen molar-refractivity contribution >= 4 is 138 Å². The first kappa shape index (κ1) is 93.6. The van der Waals surface area contributed by atoms with Crippen molar-refractivity contribution in [2.24, 2.45) is 10.8 Å². The summed E-state index contributed by atoms with van der Waals surface area (Å²) in [6, 6.07) is 0. The van der Waals surface area contributed by atoms with Crippen LogP contribution < -0.4 is 32.7 Å². The third-order valence-corrected chi connectivity index (χ3v) is 22.4. The number of carbonyl (C=O) groups excluding carboxylic acids is 6. The fourth-order valence-corrected chi connectivity index (χ4v) is 16.4. The van der Waals surface area contributed by atoms with Gasteiger partial charge in [0, 0.05) is 74.2 Å². The molecule has 0 bridgehead atoms. The van der Waals surface area contributed by atoms with E-state index >= 15 is 0 Å². The standard InChI is InChI=1S/2C25H42N7O18P3S/c2*1-13(33)8-16(35)54-7-6-27-15(34)4-5-28-23(38)20(37)25(2,3)10-47-53(44,45)50-52(42,43)46-9-14-19(49-51(39,40)41)18(36)24(48-14)32-12-31-17-21(26)29-11-30-22(17)32/h2*11-14,18-20,24,33,36-37H,4-10H2,1-3H3,(H,27,34)(H,28,38)(H,42,43)(H,44,45)(H2,26,29,30)(H2,39,40,41)/t2*13?,14-,18-,19-,20+,24-/m11/s1. The maximum absolute atomic E-state index is 12.6. The molecule has 4 aromatic rings. The number of aliphatic hydroxyl groups is 6. The van der Waals surface area contributed by atoms with Gasteiger partial charge in [0.1, 0.15) is 72.5 Å². The van der Waals surface area contributed by atoms with Gasteiger partial charge in [-0.15, -0.1) is 0 Å². The van der Waals surface area contributed by atoms with Gasteiger partial charge in [-0.25, -0.2) is 57.3 Å². The van der Waals surface area contributed by atoms with E-state index in [1.807, 2.05) is 0 Å². The topological polar surface area (TPSA) is 768 Å². The molecule has 6 unspecified atom stereocenters. The van der Waals surface area contributed by atoms with Crippen molar-refractivity contribution in [1.29, 1.82) is 0 Å². The Bertz CT molecular complexity index is 3810. The summed E-state index contributed by atoms with van der Waals surface area (Å²) >= 11 is 1.88. The van der Waals surface area contributed by atoms with Gasteiger partial charge in [0.2, 0.25) is 23.6 Å². The van der Waals surface area contributed by atoms with Crippen LogP contribution in [0.3, 0.4) is 0 Å². The van der Waals surface area contributed by atoms with Crippen molar-refractivity contribution in [3.63, 3.8) is 0 Å². The number of nitrogens with one attached hydrogen (secondary N) is 4. The fraction of sp³-hybridized carbons (Fsp3) is 0.680. The van der Waals surface area contributed by atoms with E-state index in [2.05, 4.69) is 68.8 Å². The molecule has 2 saturated heterocycles. The zero-order valence-corrected chi connectivity index (χ0v) is 64.6. The summed E-state index contributed by atoms with van der Waals surface area (Å²) in [5.74, 6) is -2.51. The van der Waals surface area contributed by atoms with Gasteiger partial charge in [-0.2, -0.15) is 8.62 Å². The highest BCUT2D eigenvalue weighted by Gasteiger charge is 2.53. The largest absolute Gasteiger partial charge is 0.481 e. The number of carbonyl (C=O) groups is 6. The molecule has 612 valence electrons. The van der Waals surface area contributed by atoms with Gasteiger partial charge < -0.3 is 112 Å². The summed E-state index contributed by atoms with van der Waals surface area (Å²) in [6.45, 7) is 3.67. The molecular weight excluding hydrogens is 1620 g/mol. The van der Waals surface area contributed by atoms with E-state index in [9.17, 15) is 126 Å². The normalized spacial score (nSPS) is 22.6. The number of phosphoric ester groups is 6. The highest BCUT2D eigenvalue weighted by molar-refractivity contribution is 8.13. The molecule has 58 heteroatoms. The predicted molar refractivity (Wildman–Crippen MR) is 367 cm³/mol. The maximum atomic E-state index is 12.6. The minimum Gasteiger partial charge on any atom is -0.393 e. The van der Waals surface area contributed by atoms with Crippen LogP contribution in [0.4, 0.5) is 11.6 Å². The van der Waals surface area contributed by atoms with Crippen LogP contribution in [0.1, 0.15) is 79.7 Å². The van der Waals surface area contributed by atoms with Gasteiger partial charge in [-0.1, -0.05) is 51.2 Å². The van der Waals surface area contributed by atoms with Gasteiger partial charge in [-0.05, 0) is 13.8 Å². The van der Waals surface area contributed by atoms with Gasteiger partial charge in [0.25, 0.3) is 0 Å². The van der Waals surface area contributed by atoms with E-state index in [1.165, 1.54) is 41.5 Å². The molecule has 2 aliphatic heterocycles. The number of aromatic nitrogens is 8. The summed E-state index contributed by atoms with van der Waals surface area (Å²) in [4.78, 5) is 174. The van der Waals surface area contributed by atoms with E-state index in [0.717, 1.165) is 58.0 Å². The number of nitrogens with two attached hydrogens (primary N) is 2. The Labute approximate surface area is 619 Å². The van der Waals surface area contributed by atoms with Gasteiger partial charge >= 0.3 is 46.9 Å². The highest BCUT2D eigenvalue weighted by Crippen LogP contribution is 2.63. The summed E-state index contributed by atoms with van der Waals surface area (Å²) in [5, 5.41) is 70.3. The second kappa shape index (κ2) is 40.2. The Morgan fingerprint density at radius 3 is 1.19 bits per heavy atom. The second-order valence-electron chi connectivity index (χ2n) is 24.7. The van der Waals surface area contributed by atoms with E-state index in [-0.39, 0.29) is 108 Å². The van der Waals surface area contributed by atoms with Crippen molar-refractivity contribution in [2.45, 2.75) is 141 Å². The van der Waals surface area contributed by atoms with Crippen LogP contribution in [0.5, 0.6) is 0 Å².